The van der Waals surface area contributed by atoms with E-state index in [1.165, 1.54) is 24.3 Å². The van der Waals surface area contributed by atoms with Gasteiger partial charge in [-0.2, -0.15) is 0 Å². The van der Waals surface area contributed by atoms with Crippen molar-refractivity contribution in [2.45, 2.75) is 56.4 Å². The van der Waals surface area contributed by atoms with Crippen LogP contribution in [0.2, 0.25) is 0 Å². The number of nitrogens with zero attached hydrogens (tertiary/aromatic N) is 2. The maximum atomic E-state index is 14.1. The van der Waals surface area contributed by atoms with E-state index >= 15 is 0 Å². The van der Waals surface area contributed by atoms with Crippen LogP contribution in [0.1, 0.15) is 50.3 Å². The molecule has 0 radical (unpaired) electrons. The Bertz CT molecular complexity index is 1640. The molecule has 2 aromatic heterocycles. The van der Waals surface area contributed by atoms with Gasteiger partial charge in [0.15, 0.2) is 0 Å². The van der Waals surface area contributed by atoms with Gasteiger partial charge < -0.3 is 25.7 Å². The summed E-state index contributed by atoms with van der Waals surface area (Å²) in [6, 6.07) is 16.2. The molecule has 236 valence electrons. The second-order valence-corrected chi connectivity index (χ2v) is 11.7. The van der Waals surface area contributed by atoms with Crippen molar-refractivity contribution < 1.29 is 23.6 Å². The molecule has 0 bridgehead atoms. The van der Waals surface area contributed by atoms with Gasteiger partial charge in [-0.25, -0.2) is 9.18 Å². The Morgan fingerprint density at radius 1 is 1.09 bits per heavy atom. The van der Waals surface area contributed by atoms with E-state index in [0.717, 1.165) is 54.3 Å². The number of anilines is 1. The first-order chi connectivity index (χ1) is 21.7. The number of benzene rings is 2. The lowest BCUT2D eigenvalue weighted by molar-refractivity contribution is -0.384. The highest BCUT2D eigenvalue weighted by Crippen LogP contribution is 2.38. The van der Waals surface area contributed by atoms with Crippen molar-refractivity contribution in [3.05, 3.63) is 94.4 Å². The summed E-state index contributed by atoms with van der Waals surface area (Å²) in [6.07, 6.45) is 8.36. The summed E-state index contributed by atoms with van der Waals surface area (Å²) >= 11 is 0. The smallest absolute Gasteiger partial charge is 0.320 e. The molecule has 2 aromatic carbocycles. The minimum atomic E-state index is -1.37. The van der Waals surface area contributed by atoms with Crippen LogP contribution in [0.15, 0.2) is 73.1 Å². The zero-order valence-electron chi connectivity index (χ0n) is 25.1. The Hall–Kier alpha value is -5.00. The van der Waals surface area contributed by atoms with Gasteiger partial charge >= 0.3 is 6.03 Å². The largest absolute Gasteiger partial charge is 0.489 e. The van der Waals surface area contributed by atoms with E-state index in [4.69, 9.17) is 4.74 Å². The second-order valence-electron chi connectivity index (χ2n) is 11.7. The molecule has 1 saturated carbocycles. The summed E-state index contributed by atoms with van der Waals surface area (Å²) in [5.74, 6) is 0.125. The number of amides is 3. The summed E-state index contributed by atoms with van der Waals surface area (Å²) in [6.45, 7) is 1.37. The Balaban J connectivity index is 1.37. The molecule has 1 atom stereocenters. The number of aromatic amines is 1. The zero-order valence-corrected chi connectivity index (χ0v) is 25.1. The normalized spacial score (nSPS) is 15.5. The zero-order chi connectivity index (χ0) is 31.9. The number of para-hydroxylation sites is 1. The third-order valence-electron chi connectivity index (χ3n) is 8.47. The molecule has 1 fully saturated rings. The number of nitro benzene ring substituents is 1. The number of rotatable bonds is 12. The van der Waals surface area contributed by atoms with Crippen molar-refractivity contribution >= 4 is 34.2 Å². The topological polar surface area (TPSA) is 151 Å². The Morgan fingerprint density at radius 3 is 2.53 bits per heavy atom. The quantitative estimate of drug-likeness (QED) is 0.114. The van der Waals surface area contributed by atoms with Crippen LogP contribution in [-0.4, -0.2) is 52.2 Å². The molecule has 0 saturated heterocycles. The molecule has 45 heavy (non-hydrogen) atoms. The molecule has 1 aliphatic carbocycles. The predicted octanol–water partition coefficient (Wildman–Crippen LogP) is 5.96. The average molecular weight is 616 g/mol. The van der Waals surface area contributed by atoms with Gasteiger partial charge in [0.25, 0.3) is 5.69 Å². The molecule has 0 spiro atoms. The summed E-state index contributed by atoms with van der Waals surface area (Å²) in [4.78, 5) is 45.7. The number of non-ortho nitro benzene ring substituents is 1. The monoisotopic (exact) mass is 615 g/mol. The molecule has 3 amide bonds. The van der Waals surface area contributed by atoms with E-state index in [-0.39, 0.29) is 24.6 Å². The van der Waals surface area contributed by atoms with Gasteiger partial charge in [-0.1, -0.05) is 37.5 Å². The summed E-state index contributed by atoms with van der Waals surface area (Å²) in [5, 5.41) is 20.7. The minimum Gasteiger partial charge on any atom is -0.489 e. The molecule has 4 N–H and O–H groups in total. The van der Waals surface area contributed by atoms with Crippen molar-refractivity contribution in [3.8, 4) is 5.75 Å². The number of hydrogen-bond acceptors (Lipinski definition) is 6. The number of carbonyl (C=O) groups excluding carboxylic acids is 2. The van der Waals surface area contributed by atoms with Gasteiger partial charge in [-0.3, -0.25) is 19.9 Å². The van der Waals surface area contributed by atoms with Crippen LogP contribution in [0.4, 0.5) is 20.6 Å². The SMILES string of the molecule is C[C@@](Cc1c[nH]c2ccccc12)(NC(=O)Nc1ccc([N+](=O)[O-])cc1)C(=O)NCC1(c2ccc(OCC[18F])cn2)CCCCC1. The van der Waals surface area contributed by atoms with Gasteiger partial charge in [-0.05, 0) is 55.7 Å². The number of nitrogens with one attached hydrogen (secondary N) is 4. The van der Waals surface area contributed by atoms with Gasteiger partial charge in [0.1, 0.15) is 24.6 Å². The van der Waals surface area contributed by atoms with Gasteiger partial charge in [0, 0.05) is 59.0 Å². The fraction of sp³-hybridized carbons (Fsp3) is 0.364. The fourth-order valence-corrected chi connectivity index (χ4v) is 6.05. The van der Waals surface area contributed by atoms with Crippen LogP contribution in [0.5, 0.6) is 5.75 Å². The van der Waals surface area contributed by atoms with E-state index in [0.29, 0.717) is 18.0 Å². The predicted molar refractivity (Wildman–Crippen MR) is 169 cm³/mol. The number of carbonyl (C=O) groups is 2. The van der Waals surface area contributed by atoms with Crippen molar-refractivity contribution in [1.29, 1.82) is 0 Å². The maximum Gasteiger partial charge on any atom is 0.320 e. The number of pyridine rings is 1. The molecule has 11 nitrogen and oxygen atoms in total. The van der Waals surface area contributed by atoms with Crippen molar-refractivity contribution in [2.75, 3.05) is 25.1 Å². The Morgan fingerprint density at radius 2 is 1.84 bits per heavy atom. The number of ether oxygens (including phenoxy) is 1. The van der Waals surface area contributed by atoms with E-state index in [2.05, 4.69) is 25.9 Å². The standard InChI is InChI=1S/C33H37FN6O5/c1-32(19-23-20-35-28-8-4-3-7-27(23)28,39-31(42)38-24-9-11-25(12-10-24)40(43)44)30(41)37-22-33(15-5-2-6-16-33)29-14-13-26(21-36-29)45-18-17-34/h3-4,7-14,20-21,35H,2,5-6,15-19,22H2,1H3,(H,37,41)(H2,38,39,42)/t32-/m0/s1/i34-1. The first-order valence-electron chi connectivity index (χ1n) is 15.0. The average Bonchev–Trinajstić information content (AvgIpc) is 3.45. The first-order valence-corrected chi connectivity index (χ1v) is 15.0. The highest BCUT2D eigenvalue weighted by atomic mass is 18.2. The molecule has 4 aromatic rings. The van der Waals surface area contributed by atoms with Crippen LogP contribution < -0.4 is 20.7 Å². The van der Waals surface area contributed by atoms with Crippen LogP contribution in [0.3, 0.4) is 0 Å². The molecule has 0 aliphatic heterocycles. The van der Waals surface area contributed by atoms with Crippen molar-refractivity contribution in [3.63, 3.8) is 0 Å². The summed E-state index contributed by atoms with van der Waals surface area (Å²) in [5.41, 5.74) is 1.07. The van der Waals surface area contributed by atoms with Crippen LogP contribution in [0.25, 0.3) is 10.9 Å². The lowest BCUT2D eigenvalue weighted by Gasteiger charge is -2.38. The van der Waals surface area contributed by atoms with E-state index < -0.39 is 28.6 Å². The third-order valence-corrected chi connectivity index (χ3v) is 8.47. The van der Waals surface area contributed by atoms with Crippen LogP contribution in [0, 0.1) is 10.1 Å². The minimum absolute atomic E-state index is 0.0397. The number of halogens is 1. The number of aromatic nitrogens is 2. The number of urea groups is 1. The fourth-order valence-electron chi connectivity index (χ4n) is 6.05. The van der Waals surface area contributed by atoms with Crippen molar-refractivity contribution in [2.24, 2.45) is 0 Å². The molecule has 0 unspecified atom stereocenters. The Labute approximate surface area is 260 Å². The first kappa shape index (κ1) is 31.4. The van der Waals surface area contributed by atoms with Crippen LogP contribution >= 0.6 is 0 Å². The lowest BCUT2D eigenvalue weighted by atomic mass is 9.71. The Kier molecular flexibility index (Phi) is 9.60. The molecular formula is C33H37FN6O5. The number of nitro groups is 1. The highest BCUT2D eigenvalue weighted by Gasteiger charge is 2.40. The molecule has 12 heteroatoms. The van der Waals surface area contributed by atoms with Gasteiger partial charge in [0.2, 0.25) is 5.91 Å². The van der Waals surface area contributed by atoms with Gasteiger partial charge in [-0.15, -0.1) is 0 Å². The number of fused-ring (bicyclic) bond motifs is 1. The maximum absolute atomic E-state index is 14.1. The highest BCUT2D eigenvalue weighted by molar-refractivity contribution is 5.96. The number of H-pyrrole nitrogens is 1. The van der Waals surface area contributed by atoms with Crippen molar-refractivity contribution in [1.82, 2.24) is 20.6 Å². The third kappa shape index (κ3) is 7.39. The molecule has 2 heterocycles. The van der Waals surface area contributed by atoms with E-state index in [1.54, 1.807) is 19.2 Å². The van der Waals surface area contributed by atoms with Crippen LogP contribution in [-0.2, 0) is 16.6 Å². The van der Waals surface area contributed by atoms with Gasteiger partial charge in [0.05, 0.1) is 11.1 Å². The van der Waals surface area contributed by atoms with E-state index in [1.807, 2.05) is 36.5 Å². The summed E-state index contributed by atoms with van der Waals surface area (Å²) in [7, 11) is 0. The number of hydrogen-bond donors (Lipinski definition) is 4. The van der Waals surface area contributed by atoms with E-state index in [9.17, 15) is 24.1 Å². The molecule has 1 aliphatic rings. The molecule has 5 rings (SSSR count). The number of alkyl halides is 1. The summed E-state index contributed by atoms with van der Waals surface area (Å²) < 4.78 is 17.9. The second kappa shape index (κ2) is 13.7. The molecular weight excluding hydrogens is 578 g/mol. The lowest BCUT2D eigenvalue weighted by Crippen LogP contribution is -2.60.